The number of thiazole rings is 1. The highest BCUT2D eigenvalue weighted by molar-refractivity contribution is 7.19. The van der Waals surface area contributed by atoms with Gasteiger partial charge in [0.1, 0.15) is 0 Å². The zero-order valence-corrected chi connectivity index (χ0v) is 23.4. The number of urea groups is 1. The van der Waals surface area contributed by atoms with Gasteiger partial charge in [0, 0.05) is 29.6 Å². The quantitative estimate of drug-likeness (QED) is 0.280. The highest BCUT2D eigenvalue weighted by Gasteiger charge is 2.30. The van der Waals surface area contributed by atoms with Gasteiger partial charge in [-0.15, -0.1) is 0 Å². The van der Waals surface area contributed by atoms with Crippen molar-refractivity contribution in [2.75, 3.05) is 32.5 Å². The van der Waals surface area contributed by atoms with Gasteiger partial charge in [0.2, 0.25) is 0 Å². The van der Waals surface area contributed by atoms with E-state index in [1.165, 1.54) is 16.9 Å². The van der Waals surface area contributed by atoms with E-state index in [-0.39, 0.29) is 6.03 Å². The summed E-state index contributed by atoms with van der Waals surface area (Å²) in [4.78, 5) is 25.2. The van der Waals surface area contributed by atoms with E-state index in [9.17, 15) is 4.79 Å². The number of hydrogen-bond donors (Lipinski definition) is 2. The van der Waals surface area contributed by atoms with E-state index in [1.54, 1.807) is 0 Å². The fraction of sp³-hybridized carbons (Fsp3) is 0.379. The van der Waals surface area contributed by atoms with Gasteiger partial charge < -0.3 is 10.2 Å². The minimum Gasteiger partial charge on any atom is -0.338 e. The van der Waals surface area contributed by atoms with E-state index in [1.807, 2.05) is 32.4 Å². The van der Waals surface area contributed by atoms with Crippen LogP contribution in [0.3, 0.4) is 0 Å². The molecule has 5 rings (SSSR count). The number of nitrogens with zero attached hydrogens (tertiary/aromatic N) is 5. The Kier molecular flexibility index (Phi) is 7.85. The van der Waals surface area contributed by atoms with Crippen LogP contribution in [0.1, 0.15) is 42.3 Å². The van der Waals surface area contributed by atoms with Crippen molar-refractivity contribution in [1.82, 2.24) is 30.0 Å². The number of fused-ring (bicyclic) bond motifs is 3. The fourth-order valence-corrected chi connectivity index (χ4v) is 5.90. The number of nitrogens with one attached hydrogen (secondary N) is 2. The molecule has 0 spiro atoms. The third kappa shape index (κ3) is 5.49. The second-order valence-electron chi connectivity index (χ2n) is 9.99. The van der Waals surface area contributed by atoms with Crippen LogP contribution in [0.2, 0.25) is 0 Å². The van der Waals surface area contributed by atoms with Crippen LogP contribution in [0, 0.1) is 6.92 Å². The molecule has 3 heterocycles. The first-order valence-corrected chi connectivity index (χ1v) is 14.1. The summed E-state index contributed by atoms with van der Waals surface area (Å²) in [5.41, 5.74) is 8.54. The Morgan fingerprint density at radius 1 is 1.16 bits per heavy atom. The lowest BCUT2D eigenvalue weighted by Gasteiger charge is -2.15. The topological polar surface area (TPSA) is 88.0 Å². The first-order chi connectivity index (χ1) is 18.4. The Bertz CT molecular complexity index is 1420. The van der Waals surface area contributed by atoms with Gasteiger partial charge in [-0.25, -0.2) is 14.5 Å². The molecule has 3 aromatic heterocycles. The molecule has 9 heteroatoms. The third-order valence-electron chi connectivity index (χ3n) is 6.74. The maximum atomic E-state index is 12.5. The summed E-state index contributed by atoms with van der Waals surface area (Å²) >= 11 is 1.51. The maximum absolute atomic E-state index is 12.5. The highest BCUT2D eigenvalue weighted by atomic mass is 32.1. The minimum absolute atomic E-state index is 0.221. The van der Waals surface area contributed by atoms with E-state index in [2.05, 4.69) is 58.3 Å². The molecule has 1 aromatic carbocycles. The van der Waals surface area contributed by atoms with Crippen molar-refractivity contribution in [2.45, 2.75) is 46.0 Å². The highest BCUT2D eigenvalue weighted by Crippen LogP contribution is 2.44. The molecule has 38 heavy (non-hydrogen) atoms. The van der Waals surface area contributed by atoms with Gasteiger partial charge in [-0.2, -0.15) is 5.10 Å². The Morgan fingerprint density at radius 3 is 2.74 bits per heavy atom. The Balaban J connectivity index is 1.49. The van der Waals surface area contributed by atoms with Crippen molar-refractivity contribution in [3.63, 3.8) is 0 Å². The number of para-hydroxylation sites is 1. The molecule has 0 saturated carbocycles. The van der Waals surface area contributed by atoms with Gasteiger partial charge in [-0.05, 0) is 77.0 Å². The number of aryl methyl sites for hydroxylation is 3. The molecule has 1 aliphatic carbocycles. The molecule has 198 valence electrons. The van der Waals surface area contributed by atoms with Crippen LogP contribution in [-0.4, -0.2) is 57.9 Å². The molecule has 0 fully saturated rings. The van der Waals surface area contributed by atoms with E-state index >= 15 is 0 Å². The van der Waals surface area contributed by atoms with Crippen LogP contribution >= 0.6 is 11.3 Å². The fourth-order valence-electron chi connectivity index (χ4n) is 4.84. The largest absolute Gasteiger partial charge is 0.338 e. The first kappa shape index (κ1) is 26.1. The van der Waals surface area contributed by atoms with Crippen molar-refractivity contribution in [3.05, 3.63) is 65.1 Å². The molecular weight excluding hydrogens is 494 g/mol. The number of rotatable bonds is 9. The van der Waals surface area contributed by atoms with Gasteiger partial charge in [-0.1, -0.05) is 42.9 Å². The summed E-state index contributed by atoms with van der Waals surface area (Å²) in [6, 6.07) is 12.3. The lowest BCUT2D eigenvalue weighted by atomic mass is 9.95. The Morgan fingerprint density at radius 2 is 2.00 bits per heavy atom. The summed E-state index contributed by atoms with van der Waals surface area (Å²) in [5.74, 6) is 0. The van der Waals surface area contributed by atoms with Gasteiger partial charge in [0.15, 0.2) is 5.13 Å². The molecule has 0 saturated heterocycles. The molecular formula is C29H35N7OS. The zero-order valence-electron chi connectivity index (χ0n) is 22.5. The molecule has 1 aliphatic rings. The second kappa shape index (κ2) is 11.4. The molecule has 2 amide bonds. The Labute approximate surface area is 228 Å². The molecule has 4 aromatic rings. The zero-order chi connectivity index (χ0) is 26.6. The van der Waals surface area contributed by atoms with Crippen molar-refractivity contribution in [1.29, 1.82) is 0 Å². The van der Waals surface area contributed by atoms with Crippen molar-refractivity contribution in [3.8, 4) is 27.5 Å². The number of aromatic nitrogens is 4. The van der Waals surface area contributed by atoms with Crippen LogP contribution in [0.15, 0.2) is 42.6 Å². The minimum atomic E-state index is -0.221. The number of amides is 2. The van der Waals surface area contributed by atoms with Gasteiger partial charge in [0.05, 0.1) is 27.6 Å². The molecule has 0 atom stereocenters. The van der Waals surface area contributed by atoms with Crippen molar-refractivity contribution in [2.24, 2.45) is 0 Å². The van der Waals surface area contributed by atoms with E-state index in [0.717, 1.165) is 83.1 Å². The lowest BCUT2D eigenvalue weighted by molar-refractivity contribution is 0.251. The number of carbonyl (C=O) groups excluding carboxylic acids is 1. The van der Waals surface area contributed by atoms with Crippen LogP contribution in [-0.2, 0) is 19.3 Å². The molecule has 0 aliphatic heterocycles. The third-order valence-corrected chi connectivity index (χ3v) is 7.76. The molecule has 0 unspecified atom stereocenters. The smallest absolute Gasteiger partial charge is 0.321 e. The van der Waals surface area contributed by atoms with E-state index in [0.29, 0.717) is 11.7 Å². The van der Waals surface area contributed by atoms with Crippen molar-refractivity contribution >= 4 is 22.5 Å². The summed E-state index contributed by atoms with van der Waals surface area (Å²) in [5, 5.41) is 11.6. The standard InChI is InChI=1S/C29H35N7OS/c1-5-9-21-13-12-20(18-31-21)25-22-14-15-23-27(26(22)36(34-25)24-11-7-6-10-19(24)2)38-29(32-23)33-28(37)30-16-8-17-35(3)4/h6-7,10-13,18H,5,8-9,14-17H2,1-4H3,(H2,30,32,33,37). The maximum Gasteiger partial charge on any atom is 0.321 e. The normalized spacial score (nSPS) is 12.3. The second-order valence-corrected chi connectivity index (χ2v) is 11.0. The Hall–Kier alpha value is -3.56. The summed E-state index contributed by atoms with van der Waals surface area (Å²) in [6.45, 7) is 5.82. The predicted octanol–water partition coefficient (Wildman–Crippen LogP) is 5.49. The molecule has 2 N–H and O–H groups in total. The van der Waals surface area contributed by atoms with E-state index in [4.69, 9.17) is 15.1 Å². The van der Waals surface area contributed by atoms with Crippen LogP contribution in [0.5, 0.6) is 0 Å². The molecule has 8 nitrogen and oxygen atoms in total. The number of hydrogen-bond acceptors (Lipinski definition) is 6. The van der Waals surface area contributed by atoms with Crippen molar-refractivity contribution < 1.29 is 4.79 Å². The predicted molar refractivity (Wildman–Crippen MR) is 154 cm³/mol. The molecule has 0 bridgehead atoms. The summed E-state index contributed by atoms with van der Waals surface area (Å²) < 4.78 is 2.06. The number of pyridine rings is 1. The van der Waals surface area contributed by atoms with Gasteiger partial charge in [-0.3, -0.25) is 10.3 Å². The lowest BCUT2D eigenvalue weighted by Crippen LogP contribution is -2.31. The van der Waals surface area contributed by atoms with E-state index < -0.39 is 0 Å². The first-order valence-electron chi connectivity index (χ1n) is 13.3. The average Bonchev–Trinajstić information content (AvgIpc) is 3.48. The number of benzene rings is 1. The average molecular weight is 530 g/mol. The monoisotopic (exact) mass is 529 g/mol. The summed E-state index contributed by atoms with van der Waals surface area (Å²) in [7, 11) is 4.05. The summed E-state index contributed by atoms with van der Waals surface area (Å²) in [6.07, 6.45) is 6.52. The SMILES string of the molecule is CCCc1ccc(-c2nn(-c3ccccc3C)c3c2CCc2nc(NC(=O)NCCCN(C)C)sc2-3)cn1. The van der Waals surface area contributed by atoms with Crippen LogP contribution in [0.4, 0.5) is 9.93 Å². The number of anilines is 1. The molecule has 0 radical (unpaired) electrons. The van der Waals surface area contributed by atoms with Crippen LogP contribution in [0.25, 0.3) is 27.5 Å². The van der Waals surface area contributed by atoms with Crippen LogP contribution < -0.4 is 10.6 Å². The van der Waals surface area contributed by atoms with Gasteiger partial charge in [0.25, 0.3) is 0 Å². The number of carbonyl (C=O) groups is 1. The van der Waals surface area contributed by atoms with Gasteiger partial charge >= 0.3 is 6.03 Å².